The smallest absolute Gasteiger partial charge is 0.225 e. The zero-order valence-electron chi connectivity index (χ0n) is 10.9. The van der Waals surface area contributed by atoms with Crippen molar-refractivity contribution in [1.29, 1.82) is 0 Å². The maximum atomic E-state index is 5.71. The van der Waals surface area contributed by atoms with Crippen LogP contribution < -0.4 is 4.90 Å². The zero-order valence-corrected chi connectivity index (χ0v) is 11.7. The Kier molecular flexibility index (Phi) is 7.64. The molecule has 0 aliphatic carbocycles. The van der Waals surface area contributed by atoms with Crippen LogP contribution in [0.4, 0.5) is 5.95 Å². The van der Waals surface area contributed by atoms with Gasteiger partial charge in [0.05, 0.1) is 12.5 Å². The van der Waals surface area contributed by atoms with Crippen LogP contribution in [0.5, 0.6) is 0 Å². The molecule has 0 atom stereocenters. The Morgan fingerprint density at radius 2 is 1.78 bits per heavy atom. The van der Waals surface area contributed by atoms with Crippen molar-refractivity contribution in [2.24, 2.45) is 0 Å². The van der Waals surface area contributed by atoms with Crippen molar-refractivity contribution >= 4 is 17.5 Å². The number of hydrogen-bond donors (Lipinski definition) is 0. The second kappa shape index (κ2) is 9.08. The SMILES string of the molecule is COCCCN(CCOC)c1ncc(CCl)cn1. The lowest BCUT2D eigenvalue weighted by Crippen LogP contribution is -2.30. The highest BCUT2D eigenvalue weighted by Crippen LogP contribution is 2.09. The number of rotatable bonds is 9. The Hall–Kier alpha value is -0.910. The highest BCUT2D eigenvalue weighted by Gasteiger charge is 2.08. The number of ether oxygens (including phenoxy) is 2. The molecular weight excluding hydrogens is 254 g/mol. The van der Waals surface area contributed by atoms with Gasteiger partial charge in [0.25, 0.3) is 0 Å². The molecule has 5 nitrogen and oxygen atoms in total. The fraction of sp³-hybridized carbons (Fsp3) is 0.667. The molecule has 18 heavy (non-hydrogen) atoms. The van der Waals surface area contributed by atoms with Crippen molar-refractivity contribution < 1.29 is 9.47 Å². The van der Waals surface area contributed by atoms with Gasteiger partial charge in [-0.25, -0.2) is 9.97 Å². The van der Waals surface area contributed by atoms with Crippen LogP contribution >= 0.6 is 11.6 Å². The summed E-state index contributed by atoms with van der Waals surface area (Å²) in [5, 5.41) is 0. The number of hydrogen-bond acceptors (Lipinski definition) is 5. The maximum Gasteiger partial charge on any atom is 0.225 e. The van der Waals surface area contributed by atoms with Crippen LogP contribution in [0.2, 0.25) is 0 Å². The molecule has 0 saturated heterocycles. The summed E-state index contributed by atoms with van der Waals surface area (Å²) >= 11 is 5.71. The molecule has 1 aromatic rings. The average Bonchev–Trinajstić information content (AvgIpc) is 2.43. The number of aromatic nitrogens is 2. The number of methoxy groups -OCH3 is 2. The van der Waals surface area contributed by atoms with Crippen molar-refractivity contribution in [3.63, 3.8) is 0 Å². The first-order valence-corrected chi connectivity index (χ1v) is 6.45. The summed E-state index contributed by atoms with van der Waals surface area (Å²) in [4.78, 5) is 10.7. The largest absolute Gasteiger partial charge is 0.385 e. The van der Waals surface area contributed by atoms with E-state index in [9.17, 15) is 0 Å². The van der Waals surface area contributed by atoms with Gasteiger partial charge in [0.1, 0.15) is 0 Å². The molecule has 6 heteroatoms. The number of nitrogens with zero attached hydrogens (tertiary/aromatic N) is 3. The molecule has 0 spiro atoms. The Balaban J connectivity index is 2.60. The van der Waals surface area contributed by atoms with E-state index in [0.717, 1.165) is 31.7 Å². The zero-order chi connectivity index (χ0) is 13.2. The van der Waals surface area contributed by atoms with Gasteiger partial charge in [-0.15, -0.1) is 11.6 Å². The first-order chi connectivity index (χ1) is 8.81. The van der Waals surface area contributed by atoms with Gasteiger partial charge in [-0.05, 0) is 6.42 Å². The van der Waals surface area contributed by atoms with E-state index < -0.39 is 0 Å². The van der Waals surface area contributed by atoms with Crippen LogP contribution in [0.25, 0.3) is 0 Å². The van der Waals surface area contributed by atoms with E-state index >= 15 is 0 Å². The second-order valence-electron chi connectivity index (χ2n) is 3.85. The predicted molar refractivity (Wildman–Crippen MR) is 72.2 cm³/mol. The molecule has 0 aliphatic rings. The lowest BCUT2D eigenvalue weighted by molar-refractivity contribution is 0.190. The summed E-state index contributed by atoms with van der Waals surface area (Å²) in [5.74, 6) is 1.14. The molecule has 0 unspecified atom stereocenters. The lowest BCUT2D eigenvalue weighted by Gasteiger charge is -2.22. The standard InChI is InChI=1S/C12H20ClN3O2/c1-17-6-3-4-16(5-7-18-2)12-14-9-11(8-13)10-15-12/h9-10H,3-8H2,1-2H3. The minimum Gasteiger partial charge on any atom is -0.385 e. The van der Waals surface area contributed by atoms with Gasteiger partial charge in [-0.3, -0.25) is 0 Å². The van der Waals surface area contributed by atoms with Gasteiger partial charge in [0.15, 0.2) is 0 Å². The highest BCUT2D eigenvalue weighted by molar-refractivity contribution is 6.17. The van der Waals surface area contributed by atoms with Gasteiger partial charge in [0.2, 0.25) is 5.95 Å². The van der Waals surface area contributed by atoms with Crippen LogP contribution in [0, 0.1) is 0 Å². The topological polar surface area (TPSA) is 47.5 Å². The highest BCUT2D eigenvalue weighted by atomic mass is 35.5. The first-order valence-electron chi connectivity index (χ1n) is 5.91. The molecular formula is C12H20ClN3O2. The molecule has 1 aromatic heterocycles. The van der Waals surface area contributed by atoms with E-state index in [-0.39, 0.29) is 0 Å². The van der Waals surface area contributed by atoms with E-state index in [1.807, 2.05) is 0 Å². The quantitative estimate of drug-likeness (QED) is 0.506. The van der Waals surface area contributed by atoms with E-state index in [4.69, 9.17) is 21.1 Å². The Morgan fingerprint density at radius 3 is 2.33 bits per heavy atom. The molecule has 0 bridgehead atoms. The van der Waals surface area contributed by atoms with Crippen molar-refractivity contribution in [2.45, 2.75) is 12.3 Å². The third-order valence-electron chi connectivity index (χ3n) is 2.47. The molecule has 0 aromatic carbocycles. The minimum atomic E-state index is 0.433. The summed E-state index contributed by atoms with van der Waals surface area (Å²) in [7, 11) is 3.38. The Bertz CT molecular complexity index is 322. The van der Waals surface area contributed by atoms with Crippen LogP contribution in [-0.4, -0.2) is 50.5 Å². The Morgan fingerprint density at radius 1 is 1.11 bits per heavy atom. The second-order valence-corrected chi connectivity index (χ2v) is 4.12. The summed E-state index contributed by atoms with van der Waals surface area (Å²) in [6.45, 7) is 2.98. The molecule has 0 fully saturated rings. The summed E-state index contributed by atoms with van der Waals surface area (Å²) in [5.41, 5.74) is 0.920. The number of halogens is 1. The summed E-state index contributed by atoms with van der Waals surface area (Å²) < 4.78 is 10.1. The van der Waals surface area contributed by atoms with Gasteiger partial charge >= 0.3 is 0 Å². The first kappa shape index (κ1) is 15.1. The normalized spacial score (nSPS) is 10.6. The monoisotopic (exact) mass is 273 g/mol. The molecule has 0 saturated carbocycles. The number of alkyl halides is 1. The third-order valence-corrected chi connectivity index (χ3v) is 2.78. The van der Waals surface area contributed by atoms with Crippen molar-refractivity contribution in [3.05, 3.63) is 18.0 Å². The van der Waals surface area contributed by atoms with Crippen molar-refractivity contribution in [2.75, 3.05) is 45.4 Å². The molecule has 0 aliphatic heterocycles. The fourth-order valence-electron chi connectivity index (χ4n) is 1.49. The lowest BCUT2D eigenvalue weighted by atomic mass is 10.4. The van der Waals surface area contributed by atoms with Gasteiger partial charge in [-0.1, -0.05) is 0 Å². The number of anilines is 1. The van der Waals surface area contributed by atoms with Crippen LogP contribution in [0.15, 0.2) is 12.4 Å². The molecule has 1 rings (SSSR count). The fourth-order valence-corrected chi connectivity index (χ4v) is 1.63. The predicted octanol–water partition coefficient (Wildman–Crippen LogP) is 1.70. The summed E-state index contributed by atoms with van der Waals surface area (Å²) in [6, 6.07) is 0. The van der Waals surface area contributed by atoms with E-state index in [1.165, 1.54) is 0 Å². The maximum absolute atomic E-state index is 5.71. The average molecular weight is 274 g/mol. The Labute approximate surface area is 113 Å². The van der Waals surface area contributed by atoms with Gasteiger partial charge < -0.3 is 14.4 Å². The van der Waals surface area contributed by atoms with E-state index in [0.29, 0.717) is 18.4 Å². The van der Waals surface area contributed by atoms with Gasteiger partial charge in [-0.2, -0.15) is 0 Å². The van der Waals surface area contributed by atoms with Crippen molar-refractivity contribution in [1.82, 2.24) is 9.97 Å². The van der Waals surface area contributed by atoms with Crippen LogP contribution in [0.3, 0.4) is 0 Å². The molecule has 0 N–H and O–H groups in total. The summed E-state index contributed by atoms with van der Waals surface area (Å²) in [6.07, 6.45) is 4.44. The van der Waals surface area contributed by atoms with Crippen LogP contribution in [0.1, 0.15) is 12.0 Å². The molecule has 0 amide bonds. The minimum absolute atomic E-state index is 0.433. The van der Waals surface area contributed by atoms with E-state index in [1.54, 1.807) is 26.6 Å². The van der Waals surface area contributed by atoms with E-state index in [2.05, 4.69) is 14.9 Å². The molecule has 1 heterocycles. The van der Waals surface area contributed by atoms with Gasteiger partial charge in [0, 0.05) is 51.9 Å². The molecule has 0 radical (unpaired) electrons. The third kappa shape index (κ3) is 5.16. The molecule has 102 valence electrons. The van der Waals surface area contributed by atoms with Crippen molar-refractivity contribution in [3.8, 4) is 0 Å². The van der Waals surface area contributed by atoms with Crippen LogP contribution in [-0.2, 0) is 15.4 Å².